The monoisotopic (exact) mass is 493 g/mol. The number of nitrogens with one attached hydrogen (secondary N) is 1. The molecule has 12 heteroatoms. The zero-order valence-electron chi connectivity index (χ0n) is 19.0. The molecular weight excluding hydrogens is 466 g/mol. The van der Waals surface area contributed by atoms with E-state index in [0.717, 1.165) is 25.7 Å². The third-order valence-electron chi connectivity index (χ3n) is 5.37. The van der Waals surface area contributed by atoms with Crippen LogP contribution in [0.5, 0.6) is 17.2 Å². The second kappa shape index (κ2) is 11.2. The molecule has 11 nitrogen and oxygen atoms in total. The fraction of sp³-hybridized carbons (Fsp3) is 0.409. The maximum absolute atomic E-state index is 13.1. The van der Waals surface area contributed by atoms with Crippen molar-refractivity contribution in [1.82, 2.24) is 4.31 Å². The summed E-state index contributed by atoms with van der Waals surface area (Å²) in [6.07, 6.45) is 3.58. The zero-order valence-corrected chi connectivity index (χ0v) is 19.8. The largest absolute Gasteiger partial charge is 0.496 e. The predicted molar refractivity (Wildman–Crippen MR) is 124 cm³/mol. The molecule has 3 rings (SSSR count). The number of anilines is 1. The van der Waals surface area contributed by atoms with Gasteiger partial charge in [-0.3, -0.25) is 14.9 Å². The topological polar surface area (TPSA) is 137 Å². The summed E-state index contributed by atoms with van der Waals surface area (Å²) in [4.78, 5) is 23.2. The Morgan fingerprint density at radius 1 is 1.03 bits per heavy atom. The zero-order chi connectivity index (χ0) is 24.7. The number of ether oxygens (including phenoxy) is 3. The number of nitro groups is 1. The van der Waals surface area contributed by atoms with Crippen LogP contribution in [-0.4, -0.2) is 57.5 Å². The van der Waals surface area contributed by atoms with Gasteiger partial charge in [-0.25, -0.2) is 8.42 Å². The molecule has 1 aliphatic rings. The quantitative estimate of drug-likeness (QED) is 0.415. The van der Waals surface area contributed by atoms with Crippen LogP contribution in [0.15, 0.2) is 41.3 Å². The molecule has 0 spiro atoms. The summed E-state index contributed by atoms with van der Waals surface area (Å²) in [5.74, 6) is -0.215. The summed E-state index contributed by atoms with van der Waals surface area (Å²) < 4.78 is 43.2. The van der Waals surface area contributed by atoms with Crippen LogP contribution in [0.2, 0.25) is 0 Å². The van der Waals surface area contributed by atoms with Crippen molar-refractivity contribution < 1.29 is 32.3 Å². The van der Waals surface area contributed by atoms with Crippen LogP contribution in [0.3, 0.4) is 0 Å². The van der Waals surface area contributed by atoms with Gasteiger partial charge >= 0.3 is 5.69 Å². The number of nitrogens with zero attached hydrogens (tertiary/aromatic N) is 2. The fourth-order valence-corrected chi connectivity index (χ4v) is 5.14. The maximum Gasteiger partial charge on any atom is 0.314 e. The van der Waals surface area contributed by atoms with Crippen molar-refractivity contribution in [2.45, 2.75) is 30.6 Å². The lowest BCUT2D eigenvalue weighted by Gasteiger charge is -2.21. The molecule has 0 bridgehead atoms. The van der Waals surface area contributed by atoms with Crippen LogP contribution < -0.4 is 19.5 Å². The van der Waals surface area contributed by atoms with E-state index in [9.17, 15) is 23.3 Å². The Hall–Kier alpha value is -3.38. The van der Waals surface area contributed by atoms with Crippen LogP contribution in [-0.2, 0) is 14.8 Å². The van der Waals surface area contributed by atoms with E-state index in [1.807, 2.05) is 0 Å². The molecule has 0 radical (unpaired) electrons. The van der Waals surface area contributed by atoms with E-state index in [1.54, 1.807) is 0 Å². The van der Waals surface area contributed by atoms with Gasteiger partial charge in [0, 0.05) is 13.1 Å². The van der Waals surface area contributed by atoms with Gasteiger partial charge < -0.3 is 19.5 Å². The maximum atomic E-state index is 13.1. The second-order valence-corrected chi connectivity index (χ2v) is 9.55. The fourth-order valence-electron chi connectivity index (χ4n) is 3.59. The van der Waals surface area contributed by atoms with E-state index in [-0.39, 0.29) is 33.5 Å². The van der Waals surface area contributed by atoms with E-state index < -0.39 is 27.5 Å². The average Bonchev–Trinajstić information content (AvgIpc) is 3.13. The van der Waals surface area contributed by atoms with Crippen LogP contribution in [0.4, 0.5) is 11.4 Å². The molecule has 0 aliphatic carbocycles. The molecular formula is C22H27N3O8S. The van der Waals surface area contributed by atoms with Crippen molar-refractivity contribution >= 4 is 27.3 Å². The van der Waals surface area contributed by atoms with Crippen molar-refractivity contribution in [3.63, 3.8) is 0 Å². The minimum absolute atomic E-state index is 0.0391. The summed E-state index contributed by atoms with van der Waals surface area (Å²) in [6, 6.07) is 8.24. The number of amides is 1. The molecule has 2 aromatic rings. The highest BCUT2D eigenvalue weighted by Crippen LogP contribution is 2.32. The first kappa shape index (κ1) is 25.2. The first-order valence-corrected chi connectivity index (χ1v) is 12.1. The van der Waals surface area contributed by atoms with E-state index in [2.05, 4.69) is 5.32 Å². The highest BCUT2D eigenvalue weighted by atomic mass is 32.2. The Bertz CT molecular complexity index is 1140. The number of methoxy groups -OCH3 is 2. The summed E-state index contributed by atoms with van der Waals surface area (Å²) in [5, 5.41) is 13.8. The Kier molecular flexibility index (Phi) is 8.29. The molecule has 0 saturated carbocycles. The SMILES string of the molecule is COc1ccc(OCC(=O)Nc2cc(S(=O)(=O)N3CCCCCC3)ccc2OC)c([N+](=O)[O-])c1. The van der Waals surface area contributed by atoms with Crippen LogP contribution in [0.1, 0.15) is 25.7 Å². The van der Waals surface area contributed by atoms with Gasteiger partial charge in [0.15, 0.2) is 12.4 Å². The Morgan fingerprint density at radius 3 is 2.32 bits per heavy atom. The smallest absolute Gasteiger partial charge is 0.314 e. The number of nitro benzene ring substituents is 1. The van der Waals surface area contributed by atoms with Gasteiger partial charge in [-0.1, -0.05) is 12.8 Å². The van der Waals surface area contributed by atoms with Gasteiger partial charge in [0.2, 0.25) is 10.0 Å². The normalized spacial score (nSPS) is 14.6. The lowest BCUT2D eigenvalue weighted by molar-refractivity contribution is -0.385. The number of benzene rings is 2. The minimum Gasteiger partial charge on any atom is -0.496 e. The van der Waals surface area contributed by atoms with Gasteiger partial charge in [-0.15, -0.1) is 0 Å². The summed E-state index contributed by atoms with van der Waals surface area (Å²) in [6.45, 7) is 0.356. The molecule has 1 heterocycles. The second-order valence-electron chi connectivity index (χ2n) is 7.61. The molecule has 2 aromatic carbocycles. The Morgan fingerprint density at radius 2 is 1.71 bits per heavy atom. The highest BCUT2D eigenvalue weighted by Gasteiger charge is 2.26. The van der Waals surface area contributed by atoms with Crippen LogP contribution in [0.25, 0.3) is 0 Å². The van der Waals surface area contributed by atoms with Gasteiger partial charge in [0.1, 0.15) is 11.5 Å². The van der Waals surface area contributed by atoms with Crippen molar-refractivity contribution in [1.29, 1.82) is 0 Å². The molecule has 0 atom stereocenters. The van der Waals surface area contributed by atoms with E-state index in [0.29, 0.717) is 13.1 Å². The number of carbonyl (C=O) groups excluding carboxylic acids is 1. The molecule has 0 aromatic heterocycles. The lowest BCUT2D eigenvalue weighted by Crippen LogP contribution is -2.32. The molecule has 1 fully saturated rings. The van der Waals surface area contributed by atoms with Gasteiger partial charge in [0.05, 0.1) is 35.8 Å². The Balaban J connectivity index is 1.76. The number of hydrogen-bond donors (Lipinski definition) is 1. The van der Waals surface area contributed by atoms with Crippen LogP contribution in [0, 0.1) is 10.1 Å². The third kappa shape index (κ3) is 5.94. The lowest BCUT2D eigenvalue weighted by atomic mass is 10.2. The van der Waals surface area contributed by atoms with Gasteiger partial charge in [0.25, 0.3) is 5.91 Å². The van der Waals surface area contributed by atoms with E-state index in [1.165, 1.54) is 54.9 Å². The number of hydrogen-bond acceptors (Lipinski definition) is 8. The van der Waals surface area contributed by atoms with Crippen LogP contribution >= 0.6 is 0 Å². The third-order valence-corrected chi connectivity index (χ3v) is 7.26. The molecule has 184 valence electrons. The standard InChI is InChI=1S/C22H27N3O8S/c1-31-16-7-9-21(19(13-16)25(27)28)33-15-22(26)23-18-14-17(8-10-20(18)32-2)34(29,30)24-11-5-3-4-6-12-24/h7-10,13-14H,3-6,11-12,15H2,1-2H3,(H,23,26). The predicted octanol–water partition coefficient (Wildman–Crippen LogP) is 3.19. The molecule has 1 N–H and O–H groups in total. The number of rotatable bonds is 9. The summed E-state index contributed by atoms with van der Waals surface area (Å²) in [7, 11) is -0.967. The summed E-state index contributed by atoms with van der Waals surface area (Å²) >= 11 is 0. The number of carbonyl (C=O) groups is 1. The van der Waals surface area contributed by atoms with Gasteiger partial charge in [-0.2, -0.15) is 4.31 Å². The Labute approximate surface area is 197 Å². The van der Waals surface area contributed by atoms with Gasteiger partial charge in [-0.05, 0) is 43.2 Å². The molecule has 1 amide bonds. The first-order chi connectivity index (χ1) is 16.3. The molecule has 34 heavy (non-hydrogen) atoms. The van der Waals surface area contributed by atoms with Crippen molar-refractivity contribution in [2.24, 2.45) is 0 Å². The minimum atomic E-state index is -3.74. The highest BCUT2D eigenvalue weighted by molar-refractivity contribution is 7.89. The van der Waals surface area contributed by atoms with E-state index in [4.69, 9.17) is 14.2 Å². The average molecular weight is 494 g/mol. The van der Waals surface area contributed by atoms with Crippen molar-refractivity contribution in [3.05, 3.63) is 46.5 Å². The number of sulfonamides is 1. The first-order valence-electron chi connectivity index (χ1n) is 10.7. The van der Waals surface area contributed by atoms with Crippen molar-refractivity contribution in [3.8, 4) is 17.2 Å². The molecule has 0 unspecified atom stereocenters. The molecule has 1 saturated heterocycles. The van der Waals surface area contributed by atoms with Crippen molar-refractivity contribution in [2.75, 3.05) is 39.2 Å². The van der Waals surface area contributed by atoms with E-state index >= 15 is 0 Å². The summed E-state index contributed by atoms with van der Waals surface area (Å²) in [5.41, 5.74) is -0.202. The molecule has 1 aliphatic heterocycles.